The molecule has 1 saturated heterocycles. The number of nitrogens with zero attached hydrogens (tertiary/aromatic N) is 4. The SMILES string of the molecule is Cc1ccc(N2N=N[C@H]3CC[C@H](C4=CCCC4)[C@@]32N2CCOCC2)cc1C. The van der Waals surface area contributed by atoms with Crippen LogP contribution in [0, 0.1) is 19.8 Å². The normalized spacial score (nSPS) is 33.6. The Bertz CT molecular complexity index is 783. The third kappa shape index (κ3) is 2.59. The van der Waals surface area contributed by atoms with Gasteiger partial charge in [-0.05, 0) is 69.2 Å². The first-order valence-electron chi connectivity index (χ1n) is 10.5. The van der Waals surface area contributed by atoms with Crippen molar-refractivity contribution in [2.45, 2.75) is 57.7 Å². The van der Waals surface area contributed by atoms with Crippen molar-refractivity contribution >= 4 is 5.69 Å². The van der Waals surface area contributed by atoms with E-state index < -0.39 is 0 Å². The number of hydrogen-bond donors (Lipinski definition) is 0. The van der Waals surface area contributed by atoms with Gasteiger partial charge in [0.25, 0.3) is 0 Å². The molecular formula is C22H30N4O. The maximum atomic E-state index is 5.70. The summed E-state index contributed by atoms with van der Waals surface area (Å²) in [5, 5.41) is 11.9. The van der Waals surface area contributed by atoms with Gasteiger partial charge in [0.15, 0.2) is 0 Å². The van der Waals surface area contributed by atoms with E-state index >= 15 is 0 Å². The Balaban J connectivity index is 1.62. The molecule has 5 rings (SSSR count). The quantitative estimate of drug-likeness (QED) is 0.744. The Morgan fingerprint density at radius 3 is 2.70 bits per heavy atom. The third-order valence-corrected chi connectivity index (χ3v) is 7.13. The van der Waals surface area contributed by atoms with Crippen LogP contribution in [0.4, 0.5) is 5.69 Å². The number of aryl methyl sites for hydroxylation is 2. The number of allylic oxidation sites excluding steroid dienone is 1. The van der Waals surface area contributed by atoms with Crippen molar-refractivity contribution in [2.24, 2.45) is 16.3 Å². The lowest BCUT2D eigenvalue weighted by Crippen LogP contribution is -2.66. The Kier molecular flexibility index (Phi) is 4.32. The summed E-state index contributed by atoms with van der Waals surface area (Å²) < 4.78 is 5.70. The van der Waals surface area contributed by atoms with Crippen LogP contribution in [0.2, 0.25) is 0 Å². The van der Waals surface area contributed by atoms with Crippen LogP contribution in [0.3, 0.4) is 0 Å². The molecule has 0 bridgehead atoms. The van der Waals surface area contributed by atoms with Crippen molar-refractivity contribution in [1.29, 1.82) is 0 Å². The average Bonchev–Trinajstić information content (AvgIpc) is 3.40. The van der Waals surface area contributed by atoms with Gasteiger partial charge in [-0.2, -0.15) is 5.11 Å². The van der Waals surface area contributed by atoms with E-state index in [1.54, 1.807) is 5.57 Å². The van der Waals surface area contributed by atoms with Crippen molar-refractivity contribution in [3.8, 4) is 0 Å². The molecule has 0 unspecified atom stereocenters. The smallest absolute Gasteiger partial charge is 0.148 e. The molecule has 0 radical (unpaired) electrons. The summed E-state index contributed by atoms with van der Waals surface area (Å²) in [6.07, 6.45) is 8.62. The molecular weight excluding hydrogens is 336 g/mol. The second kappa shape index (κ2) is 6.71. The van der Waals surface area contributed by atoms with Gasteiger partial charge in [0.1, 0.15) is 11.7 Å². The minimum Gasteiger partial charge on any atom is -0.379 e. The molecule has 1 saturated carbocycles. The second-order valence-electron chi connectivity index (χ2n) is 8.48. The predicted octanol–water partition coefficient (Wildman–Crippen LogP) is 4.41. The van der Waals surface area contributed by atoms with Gasteiger partial charge in [0.05, 0.1) is 18.9 Å². The molecule has 2 aliphatic carbocycles. The summed E-state index contributed by atoms with van der Waals surface area (Å²) in [5.74, 6) is 0.514. The van der Waals surface area contributed by atoms with Crippen LogP contribution >= 0.6 is 0 Å². The van der Waals surface area contributed by atoms with Crippen LogP contribution in [0.15, 0.2) is 40.2 Å². The first-order valence-corrected chi connectivity index (χ1v) is 10.5. The van der Waals surface area contributed by atoms with Crippen molar-refractivity contribution in [1.82, 2.24) is 4.90 Å². The molecule has 0 aromatic heterocycles. The molecule has 0 N–H and O–H groups in total. The van der Waals surface area contributed by atoms with E-state index in [9.17, 15) is 0 Å². The average molecular weight is 367 g/mol. The van der Waals surface area contributed by atoms with Gasteiger partial charge in [-0.25, -0.2) is 5.01 Å². The summed E-state index contributed by atoms with van der Waals surface area (Å²) in [7, 11) is 0. The molecule has 1 aromatic carbocycles. The van der Waals surface area contributed by atoms with E-state index in [1.165, 1.54) is 42.5 Å². The molecule has 3 atom stereocenters. The number of benzene rings is 1. The zero-order valence-corrected chi connectivity index (χ0v) is 16.5. The lowest BCUT2D eigenvalue weighted by molar-refractivity contribution is -0.0340. The lowest BCUT2D eigenvalue weighted by Gasteiger charge is -2.50. The zero-order chi connectivity index (χ0) is 18.4. The summed E-state index contributed by atoms with van der Waals surface area (Å²) in [4.78, 5) is 2.65. The monoisotopic (exact) mass is 366 g/mol. The molecule has 1 aromatic rings. The topological polar surface area (TPSA) is 40.4 Å². The van der Waals surface area contributed by atoms with Crippen LogP contribution in [0.1, 0.15) is 43.2 Å². The molecule has 4 aliphatic rings. The van der Waals surface area contributed by atoms with Gasteiger partial charge >= 0.3 is 0 Å². The van der Waals surface area contributed by atoms with Crippen LogP contribution in [-0.4, -0.2) is 42.9 Å². The van der Waals surface area contributed by atoms with Gasteiger partial charge < -0.3 is 4.74 Å². The van der Waals surface area contributed by atoms with Crippen molar-refractivity contribution in [2.75, 3.05) is 31.3 Å². The summed E-state index contributed by atoms with van der Waals surface area (Å²) in [5.41, 5.74) is 5.32. The van der Waals surface area contributed by atoms with E-state index in [1.807, 2.05) is 0 Å². The Hall–Kier alpha value is -1.72. The number of rotatable bonds is 3. The highest BCUT2D eigenvalue weighted by Crippen LogP contribution is 2.54. The fraction of sp³-hybridized carbons (Fsp3) is 0.636. The minimum absolute atomic E-state index is 0.151. The molecule has 2 heterocycles. The lowest BCUT2D eigenvalue weighted by atomic mass is 9.84. The van der Waals surface area contributed by atoms with E-state index in [2.05, 4.69) is 48.0 Å². The molecule has 0 spiro atoms. The zero-order valence-electron chi connectivity index (χ0n) is 16.5. The van der Waals surface area contributed by atoms with E-state index in [4.69, 9.17) is 15.1 Å². The van der Waals surface area contributed by atoms with Crippen LogP contribution in [0.5, 0.6) is 0 Å². The van der Waals surface area contributed by atoms with Gasteiger partial charge in [-0.15, -0.1) is 0 Å². The standard InChI is InChI=1S/C22H30N4O/c1-16-7-8-19(15-17(16)2)26-22(25-11-13-27-14-12-25)20(18-5-3-4-6-18)9-10-21(22)23-24-26/h5,7-8,15,20-21H,3-4,6,9-14H2,1-2H3/t20-,21+,22+/m1/s1. The van der Waals surface area contributed by atoms with Crippen LogP contribution in [0.25, 0.3) is 0 Å². The van der Waals surface area contributed by atoms with Gasteiger partial charge in [-0.3, -0.25) is 4.90 Å². The Morgan fingerprint density at radius 2 is 1.96 bits per heavy atom. The van der Waals surface area contributed by atoms with E-state index in [0.717, 1.165) is 32.7 Å². The fourth-order valence-electron chi connectivity index (χ4n) is 5.67. The highest BCUT2D eigenvalue weighted by Gasteiger charge is 2.62. The summed E-state index contributed by atoms with van der Waals surface area (Å²) in [6.45, 7) is 7.91. The molecule has 2 fully saturated rings. The summed E-state index contributed by atoms with van der Waals surface area (Å²) in [6, 6.07) is 6.99. The molecule has 2 aliphatic heterocycles. The third-order valence-electron chi connectivity index (χ3n) is 7.13. The van der Waals surface area contributed by atoms with Gasteiger partial charge in [0, 0.05) is 19.0 Å². The number of fused-ring (bicyclic) bond motifs is 1. The number of ether oxygens (including phenoxy) is 1. The predicted molar refractivity (Wildman–Crippen MR) is 107 cm³/mol. The maximum absolute atomic E-state index is 5.70. The molecule has 5 heteroatoms. The van der Waals surface area contributed by atoms with Crippen molar-refractivity contribution in [3.63, 3.8) is 0 Å². The molecule has 144 valence electrons. The molecule has 27 heavy (non-hydrogen) atoms. The minimum atomic E-state index is -0.151. The second-order valence-corrected chi connectivity index (χ2v) is 8.48. The molecule has 5 nitrogen and oxygen atoms in total. The Labute approximate surface area is 162 Å². The van der Waals surface area contributed by atoms with Crippen molar-refractivity contribution in [3.05, 3.63) is 41.0 Å². The largest absolute Gasteiger partial charge is 0.379 e. The van der Waals surface area contributed by atoms with Crippen LogP contribution in [-0.2, 0) is 4.74 Å². The van der Waals surface area contributed by atoms with E-state index in [0.29, 0.717) is 5.92 Å². The maximum Gasteiger partial charge on any atom is 0.148 e. The first-order chi connectivity index (χ1) is 13.2. The number of hydrogen-bond acceptors (Lipinski definition) is 5. The number of anilines is 1. The summed E-state index contributed by atoms with van der Waals surface area (Å²) >= 11 is 0. The Morgan fingerprint density at radius 1 is 1.11 bits per heavy atom. The van der Waals surface area contributed by atoms with Crippen molar-refractivity contribution < 1.29 is 4.74 Å². The number of morpholine rings is 1. The highest BCUT2D eigenvalue weighted by molar-refractivity contribution is 5.54. The van der Waals surface area contributed by atoms with Gasteiger partial charge in [0.2, 0.25) is 0 Å². The van der Waals surface area contributed by atoms with Crippen LogP contribution < -0.4 is 5.01 Å². The molecule has 0 amide bonds. The van der Waals surface area contributed by atoms with Gasteiger partial charge in [-0.1, -0.05) is 22.9 Å². The fourth-order valence-corrected chi connectivity index (χ4v) is 5.67. The van der Waals surface area contributed by atoms with E-state index in [-0.39, 0.29) is 11.7 Å². The first kappa shape index (κ1) is 17.4. The highest BCUT2D eigenvalue weighted by atomic mass is 16.5.